The Labute approximate surface area is 332 Å². The first-order chi connectivity index (χ1) is 25.9. The zero-order valence-electron chi connectivity index (χ0n) is 36.6. The van der Waals surface area contributed by atoms with E-state index in [1.165, 1.54) is 205 Å². The average molecular weight is 747 g/mol. The summed E-state index contributed by atoms with van der Waals surface area (Å²) >= 11 is 0. The van der Waals surface area contributed by atoms with Crippen LogP contribution >= 0.6 is 0 Å². The van der Waals surface area contributed by atoms with E-state index in [2.05, 4.69) is 27.7 Å². The van der Waals surface area contributed by atoms with Gasteiger partial charge in [0.05, 0.1) is 13.2 Å². The summed E-state index contributed by atoms with van der Waals surface area (Å²) in [6.45, 7) is 10.2. The monoisotopic (exact) mass is 747 g/mol. The number of carbonyl (C=O) groups is 2. The van der Waals surface area contributed by atoms with Crippen LogP contribution in [0.4, 0.5) is 0 Å². The molecule has 0 radical (unpaired) electrons. The molecular formula is C49H94O4. The van der Waals surface area contributed by atoms with Gasteiger partial charge in [-0.15, -0.1) is 0 Å². The Morgan fingerprint density at radius 3 is 0.717 bits per heavy atom. The molecule has 1 fully saturated rings. The number of hydrogen-bond acceptors (Lipinski definition) is 4. The molecule has 1 rings (SSSR count). The molecule has 0 aromatic carbocycles. The van der Waals surface area contributed by atoms with Crippen molar-refractivity contribution in [1.29, 1.82) is 0 Å². The first kappa shape index (κ1) is 50.0. The minimum atomic E-state index is -0.986. The molecule has 0 unspecified atom stereocenters. The Morgan fingerprint density at radius 1 is 0.340 bits per heavy atom. The smallest absolute Gasteiger partial charge is 0.323 e. The Balaban J connectivity index is 1.81. The molecule has 0 bridgehead atoms. The van der Waals surface area contributed by atoms with Crippen molar-refractivity contribution >= 4 is 11.9 Å². The van der Waals surface area contributed by atoms with E-state index in [-0.39, 0.29) is 11.9 Å². The maximum Gasteiger partial charge on any atom is 0.323 e. The molecule has 0 N–H and O–H groups in total. The van der Waals surface area contributed by atoms with E-state index in [0.717, 1.165) is 37.5 Å². The van der Waals surface area contributed by atoms with E-state index in [9.17, 15) is 9.59 Å². The minimum Gasteiger partial charge on any atom is -0.465 e. The molecule has 0 heterocycles. The van der Waals surface area contributed by atoms with Gasteiger partial charge in [0, 0.05) is 0 Å². The first-order valence-electron chi connectivity index (χ1n) is 24.2. The van der Waals surface area contributed by atoms with Crippen molar-refractivity contribution in [3.8, 4) is 0 Å². The highest BCUT2D eigenvalue weighted by atomic mass is 16.6. The molecule has 0 spiro atoms. The third kappa shape index (κ3) is 31.8. The minimum absolute atomic E-state index is 0.345. The highest BCUT2D eigenvalue weighted by Crippen LogP contribution is 2.48. The van der Waals surface area contributed by atoms with Gasteiger partial charge in [-0.2, -0.15) is 0 Å². The number of carbonyl (C=O) groups excluding carboxylic acids is 2. The Kier molecular flexibility index (Phi) is 34.5. The van der Waals surface area contributed by atoms with E-state index >= 15 is 0 Å². The van der Waals surface area contributed by atoms with Crippen molar-refractivity contribution in [3.63, 3.8) is 0 Å². The van der Waals surface area contributed by atoms with Gasteiger partial charge < -0.3 is 9.47 Å². The van der Waals surface area contributed by atoms with Gasteiger partial charge in [0.2, 0.25) is 0 Å². The Hall–Kier alpha value is -1.06. The lowest BCUT2D eigenvalue weighted by molar-refractivity contribution is -0.164. The molecule has 4 heteroatoms. The van der Waals surface area contributed by atoms with Crippen LogP contribution in [0.2, 0.25) is 0 Å². The summed E-state index contributed by atoms with van der Waals surface area (Å²) in [4.78, 5) is 25.3. The fourth-order valence-electron chi connectivity index (χ4n) is 7.84. The maximum atomic E-state index is 12.7. The highest BCUT2D eigenvalue weighted by Gasteiger charge is 2.59. The summed E-state index contributed by atoms with van der Waals surface area (Å²) in [5.74, 6) is 1.04. The highest BCUT2D eigenvalue weighted by molar-refractivity contribution is 6.03. The Bertz CT molecular complexity index is 738. The quantitative estimate of drug-likeness (QED) is 0.0355. The standard InChI is InChI=1S/C49H94O4/c1-45(2)39-35-31-27-23-19-15-11-7-5-9-13-17-21-25-29-33-37-43-52-47(50)49(41-42-49)48(51)53-44-38-34-30-26-22-18-14-10-6-8-12-16-20-24-28-32-36-40-46(3)4/h45-46H,5-44H2,1-4H3. The van der Waals surface area contributed by atoms with Crippen molar-refractivity contribution in [2.75, 3.05) is 13.2 Å². The van der Waals surface area contributed by atoms with Crippen LogP contribution in [0.1, 0.15) is 272 Å². The van der Waals surface area contributed by atoms with Gasteiger partial charge in [0.25, 0.3) is 0 Å². The second-order valence-corrected chi connectivity index (χ2v) is 18.2. The number of ether oxygens (including phenoxy) is 2. The largest absolute Gasteiger partial charge is 0.465 e. The summed E-state index contributed by atoms with van der Waals surface area (Å²) in [7, 11) is 0. The van der Waals surface area contributed by atoms with Crippen LogP contribution in [-0.4, -0.2) is 25.2 Å². The topological polar surface area (TPSA) is 52.6 Å². The van der Waals surface area contributed by atoms with E-state index in [0.29, 0.717) is 26.1 Å². The molecule has 1 aliphatic rings. The molecular weight excluding hydrogens is 653 g/mol. The second-order valence-electron chi connectivity index (χ2n) is 18.2. The van der Waals surface area contributed by atoms with Crippen molar-refractivity contribution in [1.82, 2.24) is 0 Å². The first-order valence-corrected chi connectivity index (χ1v) is 24.2. The summed E-state index contributed by atoms with van der Waals surface area (Å²) < 4.78 is 11.1. The summed E-state index contributed by atoms with van der Waals surface area (Å²) in [5.41, 5.74) is -0.986. The molecule has 0 amide bonds. The van der Waals surface area contributed by atoms with E-state index in [4.69, 9.17) is 9.47 Å². The number of unbranched alkanes of at least 4 members (excludes halogenated alkanes) is 32. The molecule has 0 aromatic heterocycles. The van der Waals surface area contributed by atoms with Crippen molar-refractivity contribution in [3.05, 3.63) is 0 Å². The predicted octanol–water partition coefficient (Wildman–Crippen LogP) is 16.2. The lowest BCUT2D eigenvalue weighted by Gasteiger charge is -2.14. The van der Waals surface area contributed by atoms with E-state index in [1.54, 1.807) is 0 Å². The SMILES string of the molecule is CC(C)CCCCCCCCCCCCCCCCCCCOC(=O)C1(C(=O)OCCCCCCCCCCCCCCCCCCCC(C)C)CC1. The van der Waals surface area contributed by atoms with Crippen LogP contribution in [0.25, 0.3) is 0 Å². The molecule has 1 saturated carbocycles. The number of hydrogen-bond donors (Lipinski definition) is 0. The normalized spacial score (nSPS) is 13.6. The molecule has 0 atom stereocenters. The molecule has 314 valence electrons. The van der Waals surface area contributed by atoms with Crippen LogP contribution < -0.4 is 0 Å². The van der Waals surface area contributed by atoms with Gasteiger partial charge in [-0.05, 0) is 37.5 Å². The fourth-order valence-corrected chi connectivity index (χ4v) is 7.84. The molecule has 4 nitrogen and oxygen atoms in total. The van der Waals surface area contributed by atoms with Crippen LogP contribution in [0.15, 0.2) is 0 Å². The van der Waals surface area contributed by atoms with E-state index < -0.39 is 5.41 Å². The van der Waals surface area contributed by atoms with Crippen molar-refractivity contribution in [2.45, 2.75) is 272 Å². The number of rotatable bonds is 42. The molecule has 53 heavy (non-hydrogen) atoms. The van der Waals surface area contributed by atoms with Crippen molar-refractivity contribution in [2.24, 2.45) is 17.3 Å². The fraction of sp³-hybridized carbons (Fsp3) is 0.959. The predicted molar refractivity (Wildman–Crippen MR) is 229 cm³/mol. The lowest BCUT2D eigenvalue weighted by Crippen LogP contribution is -2.30. The van der Waals surface area contributed by atoms with Gasteiger partial charge in [0.1, 0.15) is 0 Å². The second kappa shape index (κ2) is 36.6. The molecule has 0 aliphatic heterocycles. The molecule has 0 saturated heterocycles. The maximum absolute atomic E-state index is 12.7. The van der Waals surface area contributed by atoms with Gasteiger partial charge in [0.15, 0.2) is 5.41 Å². The summed E-state index contributed by atoms with van der Waals surface area (Å²) in [5, 5.41) is 0. The average Bonchev–Trinajstić information content (AvgIpc) is 3.95. The summed E-state index contributed by atoms with van der Waals surface area (Å²) in [6, 6.07) is 0. The van der Waals surface area contributed by atoms with Crippen molar-refractivity contribution < 1.29 is 19.1 Å². The number of esters is 2. The van der Waals surface area contributed by atoms with E-state index in [1.807, 2.05) is 0 Å². The molecule has 1 aliphatic carbocycles. The Morgan fingerprint density at radius 2 is 0.528 bits per heavy atom. The van der Waals surface area contributed by atoms with Crippen LogP contribution in [0.3, 0.4) is 0 Å². The zero-order valence-corrected chi connectivity index (χ0v) is 36.6. The summed E-state index contributed by atoms with van der Waals surface area (Å²) in [6.07, 6.45) is 49.6. The van der Waals surface area contributed by atoms with Crippen LogP contribution in [0.5, 0.6) is 0 Å². The molecule has 0 aromatic rings. The van der Waals surface area contributed by atoms with Crippen LogP contribution in [-0.2, 0) is 19.1 Å². The van der Waals surface area contributed by atoms with Crippen LogP contribution in [0, 0.1) is 17.3 Å². The third-order valence-electron chi connectivity index (χ3n) is 11.8. The zero-order chi connectivity index (χ0) is 38.5. The van der Waals surface area contributed by atoms with Gasteiger partial charge >= 0.3 is 11.9 Å². The lowest BCUT2D eigenvalue weighted by atomic mass is 10.0. The van der Waals surface area contributed by atoms with Gasteiger partial charge in [-0.25, -0.2) is 0 Å². The van der Waals surface area contributed by atoms with Gasteiger partial charge in [-0.3, -0.25) is 9.59 Å². The third-order valence-corrected chi connectivity index (χ3v) is 11.8. The van der Waals surface area contributed by atoms with Gasteiger partial charge in [-0.1, -0.05) is 246 Å².